The second-order valence-corrected chi connectivity index (χ2v) is 9.96. The second-order valence-electron chi connectivity index (χ2n) is 9.96. The number of unbranched alkanes of at least 4 members (excludes halogenated alkanes) is 1. The molecule has 1 aromatic rings. The molecule has 0 amide bonds. The lowest BCUT2D eigenvalue weighted by molar-refractivity contribution is 0.209. The van der Waals surface area contributed by atoms with Crippen molar-refractivity contribution in [1.82, 2.24) is 0 Å². The molecule has 2 fully saturated rings. The number of hydrogen-bond acceptors (Lipinski definition) is 1. The van der Waals surface area contributed by atoms with Crippen molar-refractivity contribution in [3.8, 4) is 6.07 Å². The Morgan fingerprint density at radius 2 is 1.34 bits per heavy atom. The molecule has 0 aliphatic heterocycles. The number of nitriles is 1. The number of hydrogen-bond donors (Lipinski definition) is 0. The van der Waals surface area contributed by atoms with Gasteiger partial charge in [-0.05, 0) is 54.2 Å². The van der Waals surface area contributed by atoms with E-state index < -0.39 is 0 Å². The Morgan fingerprint density at radius 3 is 1.83 bits per heavy atom. The van der Waals surface area contributed by atoms with Gasteiger partial charge in [-0.15, -0.1) is 0 Å². The third-order valence-corrected chi connectivity index (χ3v) is 7.88. The molecule has 2 aliphatic carbocycles. The van der Waals surface area contributed by atoms with Crippen LogP contribution in [0.5, 0.6) is 0 Å². The normalized spacial score (nSPS) is 27.5. The maximum Gasteiger partial charge on any atom is 0.141 e. The fourth-order valence-corrected chi connectivity index (χ4v) is 5.76. The molecule has 0 aromatic heterocycles. The van der Waals surface area contributed by atoms with Crippen LogP contribution in [-0.4, -0.2) is 0 Å². The summed E-state index contributed by atoms with van der Waals surface area (Å²) in [7, 11) is 0. The highest BCUT2D eigenvalue weighted by Crippen LogP contribution is 2.38. The van der Waals surface area contributed by atoms with E-state index >= 15 is 0 Å². The zero-order valence-electron chi connectivity index (χ0n) is 18.5. The first-order valence-electron chi connectivity index (χ1n) is 12.4. The molecule has 1 aromatic carbocycles. The molecule has 2 aliphatic rings. The van der Waals surface area contributed by atoms with E-state index in [1.807, 2.05) is 12.1 Å². The second kappa shape index (κ2) is 11.7. The molecule has 3 rings (SSSR count). The summed E-state index contributed by atoms with van der Waals surface area (Å²) < 4.78 is 13.8. The van der Waals surface area contributed by atoms with Crippen LogP contribution in [0.3, 0.4) is 0 Å². The van der Waals surface area contributed by atoms with Crippen LogP contribution in [0.15, 0.2) is 18.2 Å². The number of nitrogens with zero attached hydrogens (tertiary/aromatic N) is 1. The molecule has 0 N–H and O–H groups in total. The lowest BCUT2D eigenvalue weighted by Gasteiger charge is -2.32. The van der Waals surface area contributed by atoms with Crippen molar-refractivity contribution >= 4 is 0 Å². The molecule has 0 unspecified atom stereocenters. The molecule has 0 saturated heterocycles. The van der Waals surface area contributed by atoms with Gasteiger partial charge in [0.2, 0.25) is 0 Å². The molecule has 29 heavy (non-hydrogen) atoms. The van der Waals surface area contributed by atoms with Crippen molar-refractivity contribution in [1.29, 1.82) is 5.26 Å². The first-order chi connectivity index (χ1) is 14.2. The SMILES string of the molecule is CCCCC1CCC(CCC2CCC(CCc3ccc(C#N)c(F)c3)CC2)CC1. The van der Waals surface area contributed by atoms with Gasteiger partial charge in [0, 0.05) is 0 Å². The van der Waals surface area contributed by atoms with E-state index in [0.29, 0.717) is 0 Å². The van der Waals surface area contributed by atoms with Crippen LogP contribution in [-0.2, 0) is 6.42 Å². The van der Waals surface area contributed by atoms with Crippen LogP contribution < -0.4 is 0 Å². The van der Waals surface area contributed by atoms with E-state index in [0.717, 1.165) is 35.7 Å². The third kappa shape index (κ3) is 7.13. The van der Waals surface area contributed by atoms with E-state index in [1.54, 1.807) is 12.1 Å². The van der Waals surface area contributed by atoms with Gasteiger partial charge in [0.1, 0.15) is 11.9 Å². The zero-order valence-corrected chi connectivity index (χ0v) is 18.5. The molecule has 2 heteroatoms. The van der Waals surface area contributed by atoms with Gasteiger partial charge in [-0.1, -0.05) is 96.5 Å². The van der Waals surface area contributed by atoms with Crippen molar-refractivity contribution < 1.29 is 4.39 Å². The molecule has 0 bridgehead atoms. The highest BCUT2D eigenvalue weighted by Gasteiger charge is 2.24. The summed E-state index contributed by atoms with van der Waals surface area (Å²) in [5.41, 5.74) is 1.20. The maximum absolute atomic E-state index is 13.8. The van der Waals surface area contributed by atoms with Crippen molar-refractivity contribution in [2.75, 3.05) is 0 Å². The van der Waals surface area contributed by atoms with Crippen LogP contribution in [0.25, 0.3) is 0 Å². The van der Waals surface area contributed by atoms with Crippen molar-refractivity contribution in [2.24, 2.45) is 23.7 Å². The maximum atomic E-state index is 13.8. The lowest BCUT2D eigenvalue weighted by atomic mass is 9.74. The number of aryl methyl sites for hydroxylation is 1. The fraction of sp³-hybridized carbons (Fsp3) is 0.741. The van der Waals surface area contributed by atoms with E-state index in [-0.39, 0.29) is 11.4 Å². The van der Waals surface area contributed by atoms with Crippen molar-refractivity contribution in [3.63, 3.8) is 0 Å². The standard InChI is InChI=1S/C27H40FN/c1-2-3-4-21-5-7-22(8-6-21)9-10-23-11-13-24(14-12-23)15-16-25-17-18-26(20-29)27(28)19-25/h17-19,21-24H,2-16H2,1H3. The van der Waals surface area contributed by atoms with Crippen LogP contribution in [0.4, 0.5) is 4.39 Å². The molecule has 160 valence electrons. The summed E-state index contributed by atoms with van der Waals surface area (Å²) in [5, 5.41) is 8.85. The first-order valence-corrected chi connectivity index (χ1v) is 12.4. The van der Waals surface area contributed by atoms with E-state index in [2.05, 4.69) is 6.92 Å². The third-order valence-electron chi connectivity index (χ3n) is 7.88. The molecule has 0 spiro atoms. The molecule has 2 saturated carbocycles. The largest absolute Gasteiger partial charge is 0.206 e. The predicted molar refractivity (Wildman–Crippen MR) is 119 cm³/mol. The van der Waals surface area contributed by atoms with Crippen LogP contribution in [0, 0.1) is 40.8 Å². The Morgan fingerprint density at radius 1 is 0.828 bits per heavy atom. The molecule has 0 radical (unpaired) electrons. The average molecular weight is 398 g/mol. The summed E-state index contributed by atoms with van der Waals surface area (Å²) in [6.07, 6.45) is 20.8. The highest BCUT2D eigenvalue weighted by atomic mass is 19.1. The minimum atomic E-state index is -0.367. The molecule has 0 atom stereocenters. The Kier molecular flexibility index (Phi) is 9.03. The summed E-state index contributed by atoms with van der Waals surface area (Å²) in [6, 6.07) is 7.00. The Balaban J connectivity index is 1.29. The van der Waals surface area contributed by atoms with Gasteiger partial charge in [-0.2, -0.15) is 5.26 Å². The Bertz CT molecular complexity index is 645. The van der Waals surface area contributed by atoms with Gasteiger partial charge in [-0.25, -0.2) is 4.39 Å². The monoisotopic (exact) mass is 397 g/mol. The van der Waals surface area contributed by atoms with Crippen LogP contribution in [0.2, 0.25) is 0 Å². The quantitative estimate of drug-likeness (QED) is 0.412. The molecular weight excluding hydrogens is 357 g/mol. The minimum Gasteiger partial charge on any atom is -0.206 e. The topological polar surface area (TPSA) is 23.8 Å². The summed E-state index contributed by atoms with van der Waals surface area (Å²) in [6.45, 7) is 2.31. The first kappa shape index (κ1) is 22.3. The highest BCUT2D eigenvalue weighted by molar-refractivity contribution is 5.33. The van der Waals surface area contributed by atoms with Crippen LogP contribution >= 0.6 is 0 Å². The van der Waals surface area contributed by atoms with Crippen molar-refractivity contribution in [2.45, 2.75) is 103 Å². The van der Waals surface area contributed by atoms with Gasteiger partial charge in [0.25, 0.3) is 0 Å². The number of halogens is 1. The van der Waals surface area contributed by atoms with E-state index in [1.165, 1.54) is 89.9 Å². The fourth-order valence-electron chi connectivity index (χ4n) is 5.76. The van der Waals surface area contributed by atoms with Gasteiger partial charge >= 0.3 is 0 Å². The molecule has 0 heterocycles. The number of rotatable bonds is 9. The van der Waals surface area contributed by atoms with Gasteiger partial charge in [0.05, 0.1) is 5.56 Å². The van der Waals surface area contributed by atoms with Gasteiger partial charge in [0.15, 0.2) is 0 Å². The van der Waals surface area contributed by atoms with E-state index in [9.17, 15) is 4.39 Å². The minimum absolute atomic E-state index is 0.156. The van der Waals surface area contributed by atoms with Gasteiger partial charge in [-0.3, -0.25) is 0 Å². The Labute approximate surface area is 178 Å². The van der Waals surface area contributed by atoms with Gasteiger partial charge < -0.3 is 0 Å². The van der Waals surface area contributed by atoms with Crippen LogP contribution in [0.1, 0.15) is 108 Å². The number of benzene rings is 1. The van der Waals surface area contributed by atoms with Crippen molar-refractivity contribution in [3.05, 3.63) is 35.1 Å². The molecular formula is C27H40FN. The summed E-state index contributed by atoms with van der Waals surface area (Å²) in [4.78, 5) is 0. The Hall–Kier alpha value is -1.36. The summed E-state index contributed by atoms with van der Waals surface area (Å²) >= 11 is 0. The lowest BCUT2D eigenvalue weighted by Crippen LogP contribution is -2.18. The zero-order chi connectivity index (χ0) is 20.5. The molecule has 1 nitrogen and oxygen atoms in total. The average Bonchev–Trinajstić information content (AvgIpc) is 2.76. The predicted octanol–water partition coefficient (Wildman–Crippen LogP) is 8.21. The smallest absolute Gasteiger partial charge is 0.141 e. The van der Waals surface area contributed by atoms with E-state index in [4.69, 9.17) is 5.26 Å². The summed E-state index contributed by atoms with van der Waals surface area (Å²) in [5.74, 6) is 3.44.